The van der Waals surface area contributed by atoms with Crippen LogP contribution in [0.15, 0.2) is 88.0 Å². The maximum atomic E-state index is 13.4. The van der Waals surface area contributed by atoms with Gasteiger partial charge in [-0.05, 0) is 36.8 Å². The number of ketones is 1. The van der Waals surface area contributed by atoms with Gasteiger partial charge in [0.25, 0.3) is 0 Å². The number of fused-ring (bicyclic) bond motifs is 2. The second-order valence-corrected chi connectivity index (χ2v) is 8.65. The number of allylic oxidation sites excluding steroid dienone is 2. The molecule has 1 aliphatic heterocycles. The number of thioether (sulfide) groups is 1. The summed E-state index contributed by atoms with van der Waals surface area (Å²) < 4.78 is 5.74. The van der Waals surface area contributed by atoms with Gasteiger partial charge in [0.1, 0.15) is 11.5 Å². The molecule has 0 bridgehead atoms. The van der Waals surface area contributed by atoms with Gasteiger partial charge >= 0.3 is 0 Å². The number of hydrogen-bond acceptors (Lipinski definition) is 4. The van der Waals surface area contributed by atoms with E-state index in [0.717, 1.165) is 22.0 Å². The highest BCUT2D eigenvalue weighted by Gasteiger charge is 2.41. The highest BCUT2D eigenvalue weighted by molar-refractivity contribution is 7.99. The average Bonchev–Trinajstić information content (AvgIpc) is 3.17. The van der Waals surface area contributed by atoms with Crippen molar-refractivity contribution in [2.75, 3.05) is 5.32 Å². The van der Waals surface area contributed by atoms with E-state index >= 15 is 0 Å². The largest absolute Gasteiger partial charge is 0.468 e. The number of aryl methyl sites for hydroxylation is 1. The molecule has 28 heavy (non-hydrogen) atoms. The molecule has 0 fully saturated rings. The lowest BCUT2D eigenvalue weighted by atomic mass is 9.79. The summed E-state index contributed by atoms with van der Waals surface area (Å²) in [4.78, 5) is 14.5. The number of carbonyl (C=O) groups excluding carboxylic acids is 1. The summed E-state index contributed by atoms with van der Waals surface area (Å²) in [5.74, 6) is 0.975. The van der Waals surface area contributed by atoms with E-state index in [-0.39, 0.29) is 22.9 Å². The molecule has 3 atom stereocenters. The van der Waals surface area contributed by atoms with Crippen LogP contribution < -0.4 is 5.32 Å². The first-order valence-corrected chi connectivity index (χ1v) is 10.4. The Balaban J connectivity index is 1.61. The van der Waals surface area contributed by atoms with Crippen LogP contribution in [0.1, 0.15) is 34.5 Å². The van der Waals surface area contributed by atoms with E-state index in [1.54, 1.807) is 18.0 Å². The first-order valence-electron chi connectivity index (χ1n) is 9.56. The number of furan rings is 1. The Hall–Kier alpha value is -2.72. The Morgan fingerprint density at radius 2 is 1.86 bits per heavy atom. The Kier molecular flexibility index (Phi) is 4.36. The van der Waals surface area contributed by atoms with Gasteiger partial charge in [0, 0.05) is 22.9 Å². The van der Waals surface area contributed by atoms with E-state index in [1.807, 2.05) is 24.3 Å². The monoisotopic (exact) mass is 387 g/mol. The summed E-state index contributed by atoms with van der Waals surface area (Å²) in [5.41, 5.74) is 4.45. The third kappa shape index (κ3) is 3.08. The van der Waals surface area contributed by atoms with Gasteiger partial charge in [-0.1, -0.05) is 48.0 Å². The number of carbonyl (C=O) groups is 1. The van der Waals surface area contributed by atoms with Crippen LogP contribution in [0.4, 0.5) is 5.69 Å². The van der Waals surface area contributed by atoms with Gasteiger partial charge in [-0.25, -0.2) is 0 Å². The van der Waals surface area contributed by atoms with Crippen molar-refractivity contribution >= 4 is 23.2 Å². The molecule has 4 heteroatoms. The summed E-state index contributed by atoms with van der Waals surface area (Å²) in [6.45, 7) is 2.08. The number of anilines is 1. The van der Waals surface area contributed by atoms with Crippen molar-refractivity contribution in [3.05, 3.63) is 95.6 Å². The van der Waals surface area contributed by atoms with Crippen LogP contribution in [-0.4, -0.2) is 5.78 Å². The fourth-order valence-corrected chi connectivity index (χ4v) is 5.45. The summed E-state index contributed by atoms with van der Waals surface area (Å²) in [6.07, 6.45) is 4.45. The first-order chi connectivity index (χ1) is 13.7. The van der Waals surface area contributed by atoms with Gasteiger partial charge in [-0.3, -0.25) is 4.79 Å². The van der Waals surface area contributed by atoms with Crippen molar-refractivity contribution in [2.45, 2.75) is 29.4 Å². The molecular weight excluding hydrogens is 366 g/mol. The number of hydrogen-bond donors (Lipinski definition) is 1. The molecule has 2 aliphatic rings. The molecule has 1 aliphatic carbocycles. The average molecular weight is 388 g/mol. The topological polar surface area (TPSA) is 42.2 Å². The molecule has 140 valence electrons. The van der Waals surface area contributed by atoms with E-state index in [4.69, 9.17) is 4.42 Å². The number of benzene rings is 2. The van der Waals surface area contributed by atoms with Gasteiger partial charge in [0.05, 0.1) is 23.1 Å². The van der Waals surface area contributed by atoms with Gasteiger partial charge in [-0.15, -0.1) is 11.8 Å². The van der Waals surface area contributed by atoms with Crippen LogP contribution in [0.25, 0.3) is 0 Å². The molecule has 0 saturated heterocycles. The predicted molar refractivity (Wildman–Crippen MR) is 112 cm³/mol. The van der Waals surface area contributed by atoms with Crippen molar-refractivity contribution in [1.82, 2.24) is 0 Å². The molecular formula is C24H21NO2S. The summed E-state index contributed by atoms with van der Waals surface area (Å²) in [5, 5.41) is 3.51. The number of Topliss-reactive ketones (excluding diaryl/α,β-unsaturated/α-hetero) is 1. The molecule has 2 aromatic carbocycles. The Labute approximate surface area is 168 Å². The third-order valence-corrected chi connectivity index (χ3v) is 6.90. The zero-order valence-corrected chi connectivity index (χ0v) is 16.4. The maximum absolute atomic E-state index is 13.4. The third-order valence-electron chi connectivity index (χ3n) is 5.54. The molecule has 1 aromatic heterocycles. The lowest BCUT2D eigenvalue weighted by molar-refractivity contribution is -0.122. The van der Waals surface area contributed by atoms with Gasteiger partial charge < -0.3 is 9.73 Å². The second-order valence-electron chi connectivity index (χ2n) is 7.46. The fourth-order valence-electron chi connectivity index (χ4n) is 4.08. The van der Waals surface area contributed by atoms with Crippen LogP contribution in [-0.2, 0) is 4.79 Å². The van der Waals surface area contributed by atoms with Crippen LogP contribution in [0.5, 0.6) is 0 Å². The molecule has 3 nitrogen and oxygen atoms in total. The van der Waals surface area contributed by atoms with Crippen molar-refractivity contribution in [3.8, 4) is 0 Å². The Bertz CT molecular complexity index is 1040. The summed E-state index contributed by atoms with van der Waals surface area (Å²) in [6, 6.07) is 20.6. The smallest absolute Gasteiger partial charge is 0.144 e. The minimum atomic E-state index is -0.231. The normalized spacial score (nSPS) is 23.8. The molecule has 1 N–H and O–H groups in total. The highest BCUT2D eigenvalue weighted by Crippen LogP contribution is 2.51. The maximum Gasteiger partial charge on any atom is 0.144 e. The molecule has 0 unspecified atom stereocenters. The van der Waals surface area contributed by atoms with Crippen molar-refractivity contribution in [2.24, 2.45) is 5.92 Å². The van der Waals surface area contributed by atoms with E-state index < -0.39 is 0 Å². The van der Waals surface area contributed by atoms with E-state index in [9.17, 15) is 4.79 Å². The van der Waals surface area contributed by atoms with Crippen LogP contribution in [0, 0.1) is 12.8 Å². The number of rotatable bonds is 2. The van der Waals surface area contributed by atoms with Gasteiger partial charge in [-0.2, -0.15) is 0 Å². The van der Waals surface area contributed by atoms with E-state index in [1.165, 1.54) is 11.1 Å². The quantitative estimate of drug-likeness (QED) is 0.576. The molecule has 0 amide bonds. The zero-order chi connectivity index (χ0) is 19.1. The first kappa shape index (κ1) is 17.4. The van der Waals surface area contributed by atoms with Crippen LogP contribution in [0.2, 0.25) is 0 Å². The Morgan fingerprint density at radius 3 is 2.64 bits per heavy atom. The van der Waals surface area contributed by atoms with Crippen molar-refractivity contribution in [3.63, 3.8) is 0 Å². The lowest BCUT2D eigenvalue weighted by Crippen LogP contribution is -2.30. The highest BCUT2D eigenvalue weighted by atomic mass is 32.2. The fraction of sp³-hybridized carbons (Fsp3) is 0.208. The van der Waals surface area contributed by atoms with E-state index in [2.05, 4.69) is 54.7 Å². The predicted octanol–water partition coefficient (Wildman–Crippen LogP) is 6.10. The lowest BCUT2D eigenvalue weighted by Gasteiger charge is -2.30. The van der Waals surface area contributed by atoms with Gasteiger partial charge in [0.2, 0.25) is 0 Å². The zero-order valence-electron chi connectivity index (χ0n) is 15.6. The van der Waals surface area contributed by atoms with E-state index in [0.29, 0.717) is 6.42 Å². The second kappa shape index (κ2) is 7.02. The molecule has 5 rings (SSSR count). The minimum absolute atomic E-state index is 0.0659. The standard InChI is InChI=1S/C24H21NO2S/c1-15-8-10-16(11-9-15)17-13-19-23(20(26)14-17)24(21-6-4-12-27-21)28-22-7-3-2-5-18(22)25-19/h2-13,17,23-25H,14H2,1H3/t17-,23-,24+/m0/s1. The molecule has 0 saturated carbocycles. The molecule has 2 heterocycles. The summed E-state index contributed by atoms with van der Waals surface area (Å²) in [7, 11) is 0. The summed E-state index contributed by atoms with van der Waals surface area (Å²) >= 11 is 1.71. The number of para-hydroxylation sites is 1. The minimum Gasteiger partial charge on any atom is -0.468 e. The molecule has 3 aromatic rings. The van der Waals surface area contributed by atoms with Crippen LogP contribution in [0.3, 0.4) is 0 Å². The van der Waals surface area contributed by atoms with Crippen molar-refractivity contribution < 1.29 is 9.21 Å². The molecule has 0 radical (unpaired) electrons. The van der Waals surface area contributed by atoms with Crippen LogP contribution >= 0.6 is 11.8 Å². The Morgan fingerprint density at radius 1 is 1.04 bits per heavy atom. The van der Waals surface area contributed by atoms with Crippen molar-refractivity contribution in [1.29, 1.82) is 0 Å². The number of nitrogens with one attached hydrogen (secondary N) is 1. The van der Waals surface area contributed by atoms with Gasteiger partial charge in [0.15, 0.2) is 0 Å². The SMILES string of the molecule is Cc1ccc([C@H]2C=C3Nc4ccccc4S[C@H](c4ccco4)[C@@H]3C(=O)C2)cc1. The molecule has 0 spiro atoms.